The molecule has 160 valence electrons. The predicted octanol–water partition coefficient (Wildman–Crippen LogP) is 4.10. The summed E-state index contributed by atoms with van der Waals surface area (Å²) in [7, 11) is 0. The first-order valence-corrected chi connectivity index (χ1v) is 10.7. The fourth-order valence-corrected chi connectivity index (χ4v) is 4.24. The van der Waals surface area contributed by atoms with Crippen LogP contribution in [0.5, 0.6) is 0 Å². The lowest BCUT2D eigenvalue weighted by Crippen LogP contribution is -2.50. The van der Waals surface area contributed by atoms with Crippen molar-refractivity contribution in [3.63, 3.8) is 0 Å². The Morgan fingerprint density at radius 3 is 2.48 bits per heavy atom. The summed E-state index contributed by atoms with van der Waals surface area (Å²) in [6.07, 6.45) is 1.86. The van der Waals surface area contributed by atoms with Gasteiger partial charge in [0, 0.05) is 42.3 Å². The van der Waals surface area contributed by atoms with E-state index in [0.717, 1.165) is 12.1 Å². The maximum absolute atomic E-state index is 14.8. The van der Waals surface area contributed by atoms with E-state index < -0.39 is 37.8 Å². The highest BCUT2D eigenvalue weighted by atomic mass is 32.2. The average Bonchev–Trinajstić information content (AvgIpc) is 2.66. The Morgan fingerprint density at radius 2 is 1.97 bits per heavy atom. The predicted molar refractivity (Wildman–Crippen MR) is 109 cm³/mol. The molecule has 0 saturated carbocycles. The van der Waals surface area contributed by atoms with Gasteiger partial charge < -0.3 is 9.29 Å². The normalized spacial score (nSPS) is 19.8. The second-order valence-electron chi connectivity index (χ2n) is 8.74. The molecule has 9 heteroatoms. The van der Waals surface area contributed by atoms with Gasteiger partial charge in [0.25, 0.3) is 5.69 Å². The number of hydrogen-bond acceptors (Lipinski definition) is 6. The summed E-state index contributed by atoms with van der Waals surface area (Å²) in [4.78, 5) is 10.6. The van der Waals surface area contributed by atoms with Gasteiger partial charge in [0.1, 0.15) is 10.6 Å². The molecule has 1 saturated heterocycles. The van der Waals surface area contributed by atoms with E-state index in [-0.39, 0.29) is 11.3 Å². The van der Waals surface area contributed by atoms with Crippen molar-refractivity contribution < 1.29 is 18.6 Å². The first-order valence-electron chi connectivity index (χ1n) is 9.56. The van der Waals surface area contributed by atoms with Crippen molar-refractivity contribution in [2.24, 2.45) is 5.41 Å². The number of nitrogens with one attached hydrogen (secondary N) is 1. The lowest BCUT2D eigenvalue weighted by atomic mass is 9.74. The molecule has 1 N–H and O–H groups in total. The van der Waals surface area contributed by atoms with Gasteiger partial charge in [-0.3, -0.25) is 10.1 Å². The van der Waals surface area contributed by atoms with Crippen molar-refractivity contribution >= 4 is 17.0 Å². The quantitative estimate of drug-likeness (QED) is 0.400. The summed E-state index contributed by atoms with van der Waals surface area (Å²) in [6, 6.07) is 5.73. The van der Waals surface area contributed by atoms with Crippen LogP contribution in [0, 0.1) is 32.7 Å². The maximum Gasteiger partial charge on any atom is 0.269 e. The Hall–Kier alpha value is -1.73. The van der Waals surface area contributed by atoms with E-state index in [0.29, 0.717) is 38.9 Å². The molecule has 1 aliphatic heterocycles. The molecule has 1 aliphatic rings. The molecule has 0 aromatic heterocycles. The van der Waals surface area contributed by atoms with Crippen LogP contribution in [0.1, 0.15) is 58.9 Å². The van der Waals surface area contributed by atoms with Crippen LogP contribution in [-0.4, -0.2) is 27.4 Å². The summed E-state index contributed by atoms with van der Waals surface area (Å²) >= 11 is -1.55. The molecular weight excluding hydrogens is 397 g/mol. The van der Waals surface area contributed by atoms with Crippen LogP contribution in [0.15, 0.2) is 18.2 Å². The monoisotopic (exact) mass is 425 g/mol. The Kier molecular flexibility index (Phi) is 7.28. The smallest absolute Gasteiger partial charge is 0.269 e. The number of nitro benzene ring substituents is 1. The van der Waals surface area contributed by atoms with Gasteiger partial charge in [-0.15, -0.1) is 4.72 Å². The van der Waals surface area contributed by atoms with E-state index in [1.54, 1.807) is 27.7 Å². The Bertz CT molecular complexity index is 787. The number of benzene rings is 1. The molecule has 0 amide bonds. The summed E-state index contributed by atoms with van der Waals surface area (Å²) < 4.78 is 35.4. The molecule has 0 bridgehead atoms. The van der Waals surface area contributed by atoms with E-state index in [1.165, 1.54) is 6.07 Å². The third-order valence-corrected chi connectivity index (χ3v) is 7.17. The molecule has 0 spiro atoms. The van der Waals surface area contributed by atoms with Gasteiger partial charge in [0.05, 0.1) is 21.9 Å². The van der Waals surface area contributed by atoms with Crippen LogP contribution in [0.4, 0.5) is 10.1 Å². The number of ether oxygens (including phenoxy) is 1. The zero-order valence-corrected chi connectivity index (χ0v) is 18.1. The molecule has 1 aromatic rings. The minimum Gasteiger partial charge on any atom is -0.598 e. The van der Waals surface area contributed by atoms with Crippen molar-refractivity contribution in [1.29, 1.82) is 5.26 Å². The van der Waals surface area contributed by atoms with Gasteiger partial charge in [0.2, 0.25) is 0 Å². The highest BCUT2D eigenvalue weighted by Gasteiger charge is 2.42. The van der Waals surface area contributed by atoms with Crippen molar-refractivity contribution in [3.8, 4) is 6.07 Å². The number of nitriles is 1. The second kappa shape index (κ2) is 8.96. The van der Waals surface area contributed by atoms with E-state index >= 15 is 0 Å². The van der Waals surface area contributed by atoms with Gasteiger partial charge in [-0.05, 0) is 59.4 Å². The first kappa shape index (κ1) is 23.5. The zero-order chi connectivity index (χ0) is 21.9. The number of nitro groups is 1. The topological polar surface area (TPSA) is 111 Å². The minimum atomic E-state index is -1.55. The van der Waals surface area contributed by atoms with Crippen molar-refractivity contribution in [2.45, 2.75) is 63.7 Å². The molecular formula is C20H28FN3O4S. The lowest BCUT2D eigenvalue weighted by molar-refractivity contribution is -0.385. The summed E-state index contributed by atoms with van der Waals surface area (Å²) in [5, 5.41) is 21.0. The Balaban J connectivity index is 2.42. The average molecular weight is 426 g/mol. The van der Waals surface area contributed by atoms with Gasteiger partial charge >= 0.3 is 0 Å². The number of hydrogen-bond donors (Lipinski definition) is 1. The van der Waals surface area contributed by atoms with Crippen LogP contribution in [0.3, 0.4) is 0 Å². The summed E-state index contributed by atoms with van der Waals surface area (Å²) in [6.45, 7) is 8.01. The first-order chi connectivity index (χ1) is 13.4. The standard InChI is InChI=1S/C20H28FN3O4S/c1-18(2,3)29(27)23-19(4,7-8-20(14-22)9-11-28-12-10-20)16-13-15(24(25)26)5-6-17(16)21/h5-6,13,23H,7-12H2,1-4H3/t19-,29?/m0/s1. The van der Waals surface area contributed by atoms with E-state index in [4.69, 9.17) is 4.74 Å². The largest absolute Gasteiger partial charge is 0.598 e. The van der Waals surface area contributed by atoms with Crippen molar-refractivity contribution in [1.82, 2.24) is 4.72 Å². The van der Waals surface area contributed by atoms with Gasteiger partial charge in [-0.1, -0.05) is 0 Å². The van der Waals surface area contributed by atoms with E-state index in [1.807, 2.05) is 0 Å². The highest BCUT2D eigenvalue weighted by molar-refractivity contribution is 7.90. The lowest BCUT2D eigenvalue weighted by Gasteiger charge is -2.38. The van der Waals surface area contributed by atoms with Crippen LogP contribution < -0.4 is 4.72 Å². The third-order valence-electron chi connectivity index (χ3n) is 5.42. The number of non-ortho nitro benzene ring substituents is 1. The minimum absolute atomic E-state index is 0.0736. The highest BCUT2D eigenvalue weighted by Crippen LogP contribution is 2.41. The summed E-state index contributed by atoms with van der Waals surface area (Å²) in [5.74, 6) is -0.616. The zero-order valence-electron chi connectivity index (χ0n) is 17.3. The molecule has 29 heavy (non-hydrogen) atoms. The second-order valence-corrected chi connectivity index (χ2v) is 10.7. The van der Waals surface area contributed by atoms with E-state index in [9.17, 15) is 24.3 Å². The van der Waals surface area contributed by atoms with Crippen LogP contribution in [0.25, 0.3) is 0 Å². The molecule has 0 radical (unpaired) electrons. The SMILES string of the molecule is CC(C)(C)[S+]([O-])N[C@@](C)(CCC1(C#N)CCOCC1)c1cc([N+](=O)[O-])ccc1F. The molecule has 1 heterocycles. The Labute approximate surface area is 174 Å². The molecule has 7 nitrogen and oxygen atoms in total. The van der Waals surface area contributed by atoms with Crippen molar-refractivity contribution in [3.05, 3.63) is 39.7 Å². The number of rotatable bonds is 7. The number of halogens is 1. The molecule has 1 unspecified atom stereocenters. The van der Waals surface area contributed by atoms with Crippen LogP contribution >= 0.6 is 0 Å². The molecule has 1 fully saturated rings. The van der Waals surface area contributed by atoms with E-state index in [2.05, 4.69) is 10.8 Å². The van der Waals surface area contributed by atoms with Gasteiger partial charge in [-0.2, -0.15) is 5.26 Å². The molecule has 2 rings (SSSR count). The van der Waals surface area contributed by atoms with Gasteiger partial charge in [-0.25, -0.2) is 4.39 Å². The molecule has 2 atom stereocenters. The summed E-state index contributed by atoms with van der Waals surface area (Å²) in [5.41, 5.74) is -1.93. The van der Waals surface area contributed by atoms with Crippen molar-refractivity contribution in [2.75, 3.05) is 13.2 Å². The van der Waals surface area contributed by atoms with Gasteiger partial charge in [0.15, 0.2) is 0 Å². The Morgan fingerprint density at radius 1 is 1.34 bits per heavy atom. The molecule has 0 aliphatic carbocycles. The fourth-order valence-electron chi connectivity index (χ4n) is 3.32. The van der Waals surface area contributed by atoms with Crippen LogP contribution in [0.2, 0.25) is 0 Å². The van der Waals surface area contributed by atoms with Crippen LogP contribution in [-0.2, 0) is 21.6 Å². The third kappa shape index (κ3) is 5.66. The maximum atomic E-state index is 14.8. The molecule has 1 aromatic carbocycles. The number of nitrogens with zero attached hydrogens (tertiary/aromatic N) is 2. The fraction of sp³-hybridized carbons (Fsp3) is 0.650.